The Hall–Kier alpha value is -2.49. The number of allylic oxidation sites excluding steroid dienone is 1. The van der Waals surface area contributed by atoms with Gasteiger partial charge in [-0.1, -0.05) is 11.6 Å². The molecule has 6 N–H and O–H groups in total. The van der Waals surface area contributed by atoms with Gasteiger partial charge in [-0.25, -0.2) is 8.78 Å². The third-order valence-corrected chi connectivity index (χ3v) is 2.62. The maximum absolute atomic E-state index is 12.0. The molecule has 0 saturated carbocycles. The lowest BCUT2D eigenvalue weighted by Crippen LogP contribution is -2.18. The number of nitrogens with zero attached hydrogens (tertiary/aromatic N) is 3. The lowest BCUT2D eigenvalue weighted by Gasteiger charge is -2.07. The van der Waals surface area contributed by atoms with Crippen molar-refractivity contribution in [1.29, 1.82) is 5.41 Å². The van der Waals surface area contributed by atoms with Crippen LogP contribution in [0.1, 0.15) is 0 Å². The Kier molecular flexibility index (Phi) is 4.48. The molecule has 0 atom stereocenters. The van der Waals surface area contributed by atoms with E-state index >= 15 is 0 Å². The van der Waals surface area contributed by atoms with Gasteiger partial charge < -0.3 is 21.8 Å². The predicted octanol–water partition coefficient (Wildman–Crippen LogP) is 1.35. The van der Waals surface area contributed by atoms with Crippen molar-refractivity contribution in [3.8, 4) is 0 Å². The maximum atomic E-state index is 12.0. The highest BCUT2D eigenvalue weighted by atomic mass is 35.5. The first kappa shape index (κ1) is 14.9. The van der Waals surface area contributed by atoms with Gasteiger partial charge in [-0.2, -0.15) is 15.1 Å². The van der Waals surface area contributed by atoms with E-state index in [9.17, 15) is 8.78 Å². The lowest BCUT2D eigenvalue weighted by molar-refractivity contribution is 0.150. The zero-order valence-corrected chi connectivity index (χ0v) is 11.2. The van der Waals surface area contributed by atoms with E-state index in [0.717, 1.165) is 6.21 Å². The molecule has 0 aliphatic heterocycles. The van der Waals surface area contributed by atoms with Crippen LogP contribution >= 0.6 is 11.6 Å². The molecule has 8 nitrogen and oxygen atoms in total. The van der Waals surface area contributed by atoms with Crippen LogP contribution in [0.3, 0.4) is 0 Å². The number of fused-ring (bicyclic) bond motifs is 1. The summed E-state index contributed by atoms with van der Waals surface area (Å²) >= 11 is 5.81. The van der Waals surface area contributed by atoms with Gasteiger partial charge in [-0.15, -0.1) is 0 Å². The van der Waals surface area contributed by atoms with Crippen molar-refractivity contribution in [3.05, 3.63) is 17.1 Å². The van der Waals surface area contributed by atoms with E-state index in [1.807, 2.05) is 0 Å². The first-order chi connectivity index (χ1) is 10.0. The fourth-order valence-electron chi connectivity index (χ4n) is 1.48. The molecule has 2 rings (SSSR count). The quantitative estimate of drug-likeness (QED) is 0.512. The number of hydrogen-bond acceptors (Lipinski definition) is 7. The topological polar surface area (TPSA) is 128 Å². The molecule has 0 saturated heterocycles. The van der Waals surface area contributed by atoms with E-state index in [1.165, 1.54) is 6.20 Å². The summed E-state index contributed by atoms with van der Waals surface area (Å²) in [5.41, 5.74) is 6.23. The van der Waals surface area contributed by atoms with Crippen LogP contribution in [0.4, 0.5) is 20.5 Å². The van der Waals surface area contributed by atoms with E-state index in [0.29, 0.717) is 11.0 Å². The van der Waals surface area contributed by atoms with Gasteiger partial charge in [0.15, 0.2) is 10.8 Å². The second-order valence-electron chi connectivity index (χ2n) is 3.84. The van der Waals surface area contributed by atoms with Crippen molar-refractivity contribution in [2.75, 3.05) is 17.6 Å². The van der Waals surface area contributed by atoms with Crippen molar-refractivity contribution in [2.45, 2.75) is 6.43 Å². The van der Waals surface area contributed by atoms with Gasteiger partial charge in [-0.3, -0.25) is 5.10 Å². The predicted molar refractivity (Wildman–Crippen MR) is 75.6 cm³/mol. The van der Waals surface area contributed by atoms with Crippen LogP contribution in [0.5, 0.6) is 0 Å². The molecule has 0 aromatic carbocycles. The average Bonchev–Trinajstić information content (AvgIpc) is 2.79. The number of aromatic amines is 1. The fraction of sp³-hybridized carbons (Fsp3) is 0.200. The minimum Gasteiger partial charge on any atom is -0.383 e. The summed E-state index contributed by atoms with van der Waals surface area (Å²) in [5.74, 6) is 0.181. The molecule has 11 heteroatoms. The minimum absolute atomic E-state index is 0.0777. The molecular weight excluding hydrogens is 306 g/mol. The van der Waals surface area contributed by atoms with E-state index in [-0.39, 0.29) is 22.6 Å². The van der Waals surface area contributed by atoms with Crippen LogP contribution < -0.4 is 16.4 Å². The first-order valence-corrected chi connectivity index (χ1v) is 6.05. The third kappa shape index (κ3) is 3.54. The van der Waals surface area contributed by atoms with Crippen LogP contribution in [0.2, 0.25) is 5.15 Å². The van der Waals surface area contributed by atoms with Gasteiger partial charge in [-0.05, 0) is 0 Å². The molecule has 2 aromatic heterocycles. The summed E-state index contributed by atoms with van der Waals surface area (Å²) in [6.45, 7) is -0.531. The van der Waals surface area contributed by atoms with E-state index in [4.69, 9.17) is 22.7 Å². The van der Waals surface area contributed by atoms with Gasteiger partial charge in [0.1, 0.15) is 11.2 Å². The molecule has 2 aromatic rings. The molecule has 0 amide bonds. The number of nitrogens with two attached hydrogens (primary N) is 1. The number of anilines is 2. The van der Waals surface area contributed by atoms with Crippen molar-refractivity contribution >= 4 is 40.6 Å². The number of aromatic nitrogens is 4. The lowest BCUT2D eigenvalue weighted by atomic mass is 10.4. The van der Waals surface area contributed by atoms with E-state index < -0.39 is 13.0 Å². The third-order valence-electron chi connectivity index (χ3n) is 2.34. The Bertz CT molecular complexity index is 683. The second-order valence-corrected chi connectivity index (χ2v) is 4.20. The number of nitrogens with one attached hydrogen (secondary N) is 4. The SMILES string of the molecule is N=C/C(=C\NCC(F)F)Nc1nc(N)c2c(Cl)n[nH]c2n1. The molecule has 0 radical (unpaired) electrons. The summed E-state index contributed by atoms with van der Waals surface area (Å²) in [6.07, 6.45) is -0.367. The Morgan fingerprint density at radius 3 is 2.90 bits per heavy atom. The molecule has 0 aliphatic carbocycles. The molecule has 0 unspecified atom stereocenters. The monoisotopic (exact) mass is 316 g/mol. The summed E-state index contributed by atoms with van der Waals surface area (Å²) in [5, 5.41) is 19.1. The largest absolute Gasteiger partial charge is 0.383 e. The molecule has 21 heavy (non-hydrogen) atoms. The molecule has 0 fully saturated rings. The molecular formula is C10H11ClF2N8. The smallest absolute Gasteiger partial charge is 0.255 e. The standard InChI is InChI=1S/C10H11ClF2N8/c11-7-6-8(15)18-10(19-9(6)21-20-7)17-4(1-14)2-16-3-5(12)13/h1-2,5,14,16H,3H2,(H4,15,17,18,19,20,21)/b4-2+,14-1?. The summed E-state index contributed by atoms with van der Waals surface area (Å²) in [4.78, 5) is 8.02. The Morgan fingerprint density at radius 2 is 2.24 bits per heavy atom. The van der Waals surface area contributed by atoms with Crippen molar-refractivity contribution in [2.24, 2.45) is 0 Å². The van der Waals surface area contributed by atoms with Gasteiger partial charge >= 0.3 is 0 Å². The Labute approximate surface area is 122 Å². The number of rotatable bonds is 6. The number of halogens is 3. The highest BCUT2D eigenvalue weighted by Crippen LogP contribution is 2.24. The highest BCUT2D eigenvalue weighted by molar-refractivity contribution is 6.35. The van der Waals surface area contributed by atoms with Gasteiger partial charge in [0, 0.05) is 12.4 Å². The first-order valence-electron chi connectivity index (χ1n) is 5.67. The molecule has 0 spiro atoms. The molecule has 0 aliphatic rings. The van der Waals surface area contributed by atoms with Crippen LogP contribution in [-0.2, 0) is 0 Å². The summed E-state index contributed by atoms with van der Waals surface area (Å²) in [7, 11) is 0. The van der Waals surface area contributed by atoms with E-state index in [1.54, 1.807) is 0 Å². The fourth-order valence-corrected chi connectivity index (χ4v) is 1.71. The van der Waals surface area contributed by atoms with E-state index in [2.05, 4.69) is 30.8 Å². The zero-order valence-electron chi connectivity index (χ0n) is 10.5. The zero-order chi connectivity index (χ0) is 15.4. The Balaban J connectivity index is 2.19. The van der Waals surface area contributed by atoms with Crippen molar-refractivity contribution < 1.29 is 8.78 Å². The summed E-state index contributed by atoms with van der Waals surface area (Å²) in [6, 6.07) is 0. The van der Waals surface area contributed by atoms with Crippen LogP contribution in [-0.4, -0.2) is 39.4 Å². The van der Waals surface area contributed by atoms with Crippen LogP contribution in [0, 0.1) is 5.41 Å². The van der Waals surface area contributed by atoms with Gasteiger partial charge in [0.05, 0.1) is 12.2 Å². The van der Waals surface area contributed by atoms with Crippen LogP contribution in [0.25, 0.3) is 11.0 Å². The molecule has 112 valence electrons. The highest BCUT2D eigenvalue weighted by Gasteiger charge is 2.12. The van der Waals surface area contributed by atoms with Gasteiger partial charge in [0.25, 0.3) is 6.43 Å². The number of hydrogen-bond donors (Lipinski definition) is 5. The number of H-pyrrole nitrogens is 1. The normalized spacial score (nSPS) is 11.9. The minimum atomic E-state index is -2.50. The van der Waals surface area contributed by atoms with Crippen LogP contribution in [0.15, 0.2) is 11.9 Å². The molecule has 2 heterocycles. The maximum Gasteiger partial charge on any atom is 0.255 e. The number of alkyl halides is 2. The number of nitrogen functional groups attached to an aromatic ring is 1. The average molecular weight is 317 g/mol. The molecule has 0 bridgehead atoms. The Morgan fingerprint density at radius 1 is 1.48 bits per heavy atom. The van der Waals surface area contributed by atoms with Crippen molar-refractivity contribution in [3.63, 3.8) is 0 Å². The van der Waals surface area contributed by atoms with Gasteiger partial charge in [0.2, 0.25) is 5.95 Å². The second kappa shape index (κ2) is 6.31. The summed E-state index contributed by atoms with van der Waals surface area (Å²) < 4.78 is 24.0. The van der Waals surface area contributed by atoms with Crippen molar-refractivity contribution in [1.82, 2.24) is 25.5 Å².